The van der Waals surface area contributed by atoms with Gasteiger partial charge < -0.3 is 4.90 Å². The minimum atomic E-state index is -0.193. The van der Waals surface area contributed by atoms with Crippen molar-refractivity contribution in [2.45, 2.75) is 20.4 Å². The highest BCUT2D eigenvalue weighted by molar-refractivity contribution is 6.34. The van der Waals surface area contributed by atoms with Gasteiger partial charge in [0.15, 0.2) is 5.69 Å². The van der Waals surface area contributed by atoms with Gasteiger partial charge in [0.05, 0.1) is 16.9 Å². The summed E-state index contributed by atoms with van der Waals surface area (Å²) in [6.07, 6.45) is 1.77. The standard InChI is InChI=1S/C13H18ClN5O/c1-8-10(6-15-18(8)4)7-17(3)13(20)12-11(14)9(2)19(5)16-12/h6H,7H2,1-5H3. The van der Waals surface area contributed by atoms with Gasteiger partial charge in [0.2, 0.25) is 0 Å². The summed E-state index contributed by atoms with van der Waals surface area (Å²) in [4.78, 5) is 14.0. The van der Waals surface area contributed by atoms with Crippen molar-refractivity contribution in [1.29, 1.82) is 0 Å². The van der Waals surface area contributed by atoms with Gasteiger partial charge in [-0.25, -0.2) is 0 Å². The number of nitrogens with zero attached hydrogens (tertiary/aromatic N) is 5. The van der Waals surface area contributed by atoms with Crippen LogP contribution in [0.2, 0.25) is 5.02 Å². The Morgan fingerprint density at radius 2 is 1.95 bits per heavy atom. The molecule has 0 aliphatic rings. The van der Waals surface area contributed by atoms with Crippen molar-refractivity contribution in [3.8, 4) is 0 Å². The molecule has 0 aliphatic carbocycles. The number of hydrogen-bond acceptors (Lipinski definition) is 3. The number of rotatable bonds is 3. The molecule has 2 aromatic rings. The molecule has 2 heterocycles. The lowest BCUT2D eigenvalue weighted by atomic mass is 10.2. The Balaban J connectivity index is 2.21. The SMILES string of the molecule is Cc1c(CN(C)C(=O)c2nn(C)c(C)c2Cl)cnn1C. The smallest absolute Gasteiger partial charge is 0.275 e. The average Bonchev–Trinajstić information content (AvgIpc) is 2.86. The predicted molar refractivity (Wildman–Crippen MR) is 76.7 cm³/mol. The van der Waals surface area contributed by atoms with E-state index in [0.717, 1.165) is 17.0 Å². The zero-order valence-electron chi connectivity index (χ0n) is 12.3. The van der Waals surface area contributed by atoms with E-state index in [2.05, 4.69) is 10.2 Å². The van der Waals surface area contributed by atoms with Crippen molar-refractivity contribution < 1.29 is 4.79 Å². The second-order valence-corrected chi connectivity index (χ2v) is 5.29. The fourth-order valence-electron chi connectivity index (χ4n) is 1.93. The average molecular weight is 296 g/mol. The molecule has 6 nitrogen and oxygen atoms in total. The first-order valence-corrected chi connectivity index (χ1v) is 6.62. The van der Waals surface area contributed by atoms with Gasteiger partial charge in [0.1, 0.15) is 0 Å². The Hall–Kier alpha value is -1.82. The molecule has 0 spiro atoms. The molecule has 0 aromatic carbocycles. The summed E-state index contributed by atoms with van der Waals surface area (Å²) in [5, 5.41) is 8.75. The molecule has 0 atom stereocenters. The number of aromatic nitrogens is 4. The van der Waals surface area contributed by atoms with Crippen LogP contribution in [0.5, 0.6) is 0 Å². The first kappa shape index (κ1) is 14.6. The number of halogens is 1. The summed E-state index contributed by atoms with van der Waals surface area (Å²) < 4.78 is 3.39. The molecule has 0 saturated carbocycles. The van der Waals surface area contributed by atoms with E-state index in [9.17, 15) is 4.79 Å². The monoisotopic (exact) mass is 295 g/mol. The summed E-state index contributed by atoms with van der Waals surface area (Å²) in [6.45, 7) is 4.28. The lowest BCUT2D eigenvalue weighted by molar-refractivity contribution is 0.0778. The molecule has 1 amide bonds. The molecular weight excluding hydrogens is 278 g/mol. The van der Waals surface area contributed by atoms with Crippen LogP contribution in [0.25, 0.3) is 0 Å². The van der Waals surface area contributed by atoms with Crippen LogP contribution >= 0.6 is 11.6 Å². The molecule has 0 fully saturated rings. The van der Waals surface area contributed by atoms with E-state index >= 15 is 0 Å². The van der Waals surface area contributed by atoms with Crippen molar-refractivity contribution in [2.24, 2.45) is 14.1 Å². The molecule has 2 aromatic heterocycles. The number of hydrogen-bond donors (Lipinski definition) is 0. The van der Waals surface area contributed by atoms with Gasteiger partial charge in [0.25, 0.3) is 5.91 Å². The van der Waals surface area contributed by atoms with E-state index in [1.165, 1.54) is 0 Å². The number of carbonyl (C=O) groups excluding carboxylic acids is 1. The van der Waals surface area contributed by atoms with Gasteiger partial charge in [-0.15, -0.1) is 0 Å². The highest BCUT2D eigenvalue weighted by Crippen LogP contribution is 2.21. The molecule has 7 heteroatoms. The van der Waals surface area contributed by atoms with E-state index < -0.39 is 0 Å². The molecular formula is C13H18ClN5O. The van der Waals surface area contributed by atoms with Crippen LogP contribution in [0, 0.1) is 13.8 Å². The van der Waals surface area contributed by atoms with Crippen LogP contribution in [0.4, 0.5) is 0 Å². The Kier molecular flexibility index (Phi) is 3.85. The summed E-state index contributed by atoms with van der Waals surface area (Å²) in [6, 6.07) is 0. The van der Waals surface area contributed by atoms with Gasteiger partial charge in [0, 0.05) is 38.9 Å². The van der Waals surface area contributed by atoms with Gasteiger partial charge in [-0.3, -0.25) is 14.2 Å². The van der Waals surface area contributed by atoms with Crippen LogP contribution in [0.1, 0.15) is 27.4 Å². The van der Waals surface area contributed by atoms with Crippen molar-refractivity contribution in [3.63, 3.8) is 0 Å². The maximum atomic E-state index is 12.4. The Morgan fingerprint density at radius 1 is 1.30 bits per heavy atom. The quantitative estimate of drug-likeness (QED) is 0.866. The molecule has 0 N–H and O–H groups in total. The highest BCUT2D eigenvalue weighted by Gasteiger charge is 2.22. The first-order valence-electron chi connectivity index (χ1n) is 6.25. The van der Waals surface area contributed by atoms with Gasteiger partial charge in [-0.1, -0.05) is 11.6 Å². The van der Waals surface area contributed by atoms with E-state index in [4.69, 9.17) is 11.6 Å². The third kappa shape index (κ3) is 2.43. The lowest BCUT2D eigenvalue weighted by Gasteiger charge is -2.15. The van der Waals surface area contributed by atoms with Crippen LogP contribution < -0.4 is 0 Å². The largest absolute Gasteiger partial charge is 0.336 e. The molecule has 2 rings (SSSR count). The Labute approximate surface area is 122 Å². The van der Waals surface area contributed by atoms with Crippen molar-refractivity contribution >= 4 is 17.5 Å². The predicted octanol–water partition coefficient (Wildman–Crippen LogP) is 1.70. The van der Waals surface area contributed by atoms with Gasteiger partial charge in [-0.05, 0) is 13.8 Å². The van der Waals surface area contributed by atoms with Crippen molar-refractivity contribution in [2.75, 3.05) is 7.05 Å². The minimum Gasteiger partial charge on any atom is -0.336 e. The van der Waals surface area contributed by atoms with Crippen molar-refractivity contribution in [1.82, 2.24) is 24.5 Å². The third-order valence-corrected chi connectivity index (χ3v) is 4.01. The van der Waals surface area contributed by atoms with Crippen LogP contribution in [0.3, 0.4) is 0 Å². The van der Waals surface area contributed by atoms with E-state index in [1.54, 1.807) is 34.6 Å². The van der Waals surface area contributed by atoms with Gasteiger partial charge in [-0.2, -0.15) is 10.2 Å². The van der Waals surface area contributed by atoms with E-state index in [1.807, 2.05) is 20.9 Å². The second kappa shape index (κ2) is 5.28. The second-order valence-electron chi connectivity index (χ2n) is 4.91. The highest BCUT2D eigenvalue weighted by atomic mass is 35.5. The minimum absolute atomic E-state index is 0.193. The fourth-order valence-corrected chi connectivity index (χ4v) is 2.17. The summed E-state index contributed by atoms with van der Waals surface area (Å²) in [5.41, 5.74) is 3.11. The van der Waals surface area contributed by atoms with E-state index in [-0.39, 0.29) is 11.6 Å². The maximum Gasteiger partial charge on any atom is 0.275 e. The summed E-state index contributed by atoms with van der Waals surface area (Å²) >= 11 is 6.14. The molecule has 20 heavy (non-hydrogen) atoms. The van der Waals surface area contributed by atoms with Crippen LogP contribution in [-0.2, 0) is 20.6 Å². The van der Waals surface area contributed by atoms with Crippen molar-refractivity contribution in [3.05, 3.63) is 33.9 Å². The van der Waals surface area contributed by atoms with Crippen LogP contribution in [-0.4, -0.2) is 37.4 Å². The molecule has 108 valence electrons. The molecule has 0 bridgehead atoms. The number of aryl methyl sites for hydroxylation is 2. The normalized spacial score (nSPS) is 10.9. The topological polar surface area (TPSA) is 56.0 Å². The fraction of sp³-hybridized carbons (Fsp3) is 0.462. The number of amides is 1. The number of carbonyl (C=O) groups is 1. The Bertz CT molecular complexity index is 658. The van der Waals surface area contributed by atoms with Crippen LogP contribution in [0.15, 0.2) is 6.20 Å². The molecule has 0 aliphatic heterocycles. The maximum absolute atomic E-state index is 12.4. The third-order valence-electron chi connectivity index (χ3n) is 3.55. The Morgan fingerprint density at radius 3 is 2.40 bits per heavy atom. The molecule has 0 radical (unpaired) electrons. The summed E-state index contributed by atoms with van der Waals surface area (Å²) in [7, 11) is 5.37. The molecule has 0 saturated heterocycles. The van der Waals surface area contributed by atoms with Gasteiger partial charge >= 0.3 is 0 Å². The zero-order chi connectivity index (χ0) is 15.0. The molecule has 0 unspecified atom stereocenters. The summed E-state index contributed by atoms with van der Waals surface area (Å²) in [5.74, 6) is -0.193. The first-order chi connectivity index (χ1) is 9.32. The van der Waals surface area contributed by atoms with E-state index in [0.29, 0.717) is 11.6 Å². The zero-order valence-corrected chi connectivity index (χ0v) is 13.1. The lowest BCUT2D eigenvalue weighted by Crippen LogP contribution is -2.27.